The zero-order valence-electron chi connectivity index (χ0n) is 36.1. The van der Waals surface area contributed by atoms with Gasteiger partial charge in [-0.1, -0.05) is 178 Å². The molecule has 0 saturated heterocycles. The van der Waals surface area contributed by atoms with Crippen LogP contribution in [-0.2, 0) is 15.3 Å². The maximum absolute atomic E-state index is 15.9. The van der Waals surface area contributed by atoms with Crippen molar-refractivity contribution < 1.29 is 8.42 Å². The van der Waals surface area contributed by atoms with Crippen molar-refractivity contribution in [3.05, 3.63) is 218 Å². The number of aromatic nitrogens is 4. The van der Waals surface area contributed by atoms with E-state index < -0.39 is 15.3 Å². The predicted octanol–water partition coefficient (Wildman–Crippen LogP) is 14.1. The second-order valence-corrected chi connectivity index (χ2v) is 19.3. The smallest absolute Gasteiger partial charge is 0.207 e. The zero-order chi connectivity index (χ0) is 44.6. The third-order valence-corrected chi connectivity index (χ3v) is 15.1. The van der Waals surface area contributed by atoms with Gasteiger partial charge >= 0.3 is 0 Å². The number of fused-ring (bicyclic) bond motifs is 12. The largest absolute Gasteiger partial charge is 0.236 e. The van der Waals surface area contributed by atoms with Crippen molar-refractivity contribution in [3.8, 4) is 101 Å². The van der Waals surface area contributed by atoms with Gasteiger partial charge in [-0.3, -0.25) is 0 Å². The third kappa shape index (κ3) is 6.34. The Morgan fingerprint density at radius 3 is 1.48 bits per heavy atom. The van der Waals surface area contributed by atoms with E-state index in [1.807, 2.05) is 109 Å². The summed E-state index contributed by atoms with van der Waals surface area (Å²) in [6.07, 6.45) is 3.61. The highest BCUT2D eigenvalue weighted by molar-refractivity contribution is 7.91. The lowest BCUT2D eigenvalue weighted by Crippen LogP contribution is -2.16. The van der Waals surface area contributed by atoms with Gasteiger partial charge in [0.1, 0.15) is 0 Å². The molecule has 2 aliphatic rings. The summed E-state index contributed by atoms with van der Waals surface area (Å²) < 4.78 is 31.7. The summed E-state index contributed by atoms with van der Waals surface area (Å²) in [6.45, 7) is 4.37. The molecule has 0 fully saturated rings. The van der Waals surface area contributed by atoms with Crippen molar-refractivity contribution in [2.45, 2.75) is 29.1 Å². The lowest BCUT2D eigenvalue weighted by molar-refractivity contribution is 0.596. The van der Waals surface area contributed by atoms with Crippen LogP contribution in [0.15, 0.2) is 216 Å². The summed E-state index contributed by atoms with van der Waals surface area (Å²) in [5.74, 6) is 1.17. The van der Waals surface area contributed by atoms with Crippen molar-refractivity contribution in [2.75, 3.05) is 0 Å². The van der Waals surface area contributed by atoms with Gasteiger partial charge in [-0.05, 0) is 86.0 Å². The molecule has 2 aromatic heterocycles. The van der Waals surface area contributed by atoms with Crippen LogP contribution >= 0.6 is 0 Å². The minimum Gasteiger partial charge on any atom is -0.236 e. The highest BCUT2D eigenvalue weighted by Crippen LogP contribution is 2.54. The first-order valence-corrected chi connectivity index (χ1v) is 23.5. The fraction of sp³-hybridized carbons (Fsp3) is 0.0508. The summed E-state index contributed by atoms with van der Waals surface area (Å²) >= 11 is 0. The van der Waals surface area contributed by atoms with E-state index in [-0.39, 0.29) is 9.79 Å². The van der Waals surface area contributed by atoms with Crippen LogP contribution < -0.4 is 0 Å². The second kappa shape index (κ2) is 15.3. The van der Waals surface area contributed by atoms with Gasteiger partial charge in [-0.2, -0.15) is 0 Å². The van der Waals surface area contributed by atoms with Crippen molar-refractivity contribution in [1.29, 1.82) is 0 Å². The Morgan fingerprint density at radius 2 is 0.848 bits per heavy atom. The van der Waals surface area contributed by atoms with Crippen LogP contribution in [-0.4, -0.2) is 28.4 Å². The van der Waals surface area contributed by atoms with Gasteiger partial charge in [0, 0.05) is 51.2 Å². The fourth-order valence-corrected chi connectivity index (χ4v) is 11.6. The van der Waals surface area contributed by atoms with Crippen LogP contribution in [0.25, 0.3) is 101 Å². The Kier molecular flexibility index (Phi) is 9.12. The van der Waals surface area contributed by atoms with Crippen molar-refractivity contribution >= 4 is 9.84 Å². The van der Waals surface area contributed by atoms with Gasteiger partial charge in [0.15, 0.2) is 11.6 Å². The Bertz CT molecular complexity index is 3680. The summed E-state index contributed by atoms with van der Waals surface area (Å²) in [6, 6.07) is 64.6. The molecule has 0 bridgehead atoms. The van der Waals surface area contributed by atoms with Gasteiger partial charge in [0.2, 0.25) is 9.84 Å². The molecule has 1 aliphatic carbocycles. The standard InChI is InChI=1S/C59H40N4O2S/c1-59(2)51-27-15-13-25-46(51)49-32-50-48-31-39(53-34-54(63-58(62-53)38-19-7-4-8-20-38)40-35-60-57(61-36-40)37-17-5-3-6-18-37)29-30-45(48)43-23-10-9-21-41(43)42-22-11-12-24-44(42)47-26-14-16-28-55(47)66(64,65)56(50)33-52(49)59/h3-36H,1-2H3. The maximum atomic E-state index is 15.9. The summed E-state index contributed by atoms with van der Waals surface area (Å²) in [4.78, 5) is 20.3. The molecular weight excluding hydrogens is 829 g/mol. The van der Waals surface area contributed by atoms with E-state index in [1.54, 1.807) is 18.5 Å². The molecule has 3 heterocycles. The maximum Gasteiger partial charge on any atom is 0.207 e. The van der Waals surface area contributed by atoms with Crippen molar-refractivity contribution in [3.63, 3.8) is 0 Å². The fourth-order valence-electron chi connectivity index (χ4n) is 9.93. The van der Waals surface area contributed by atoms with Gasteiger partial charge in [-0.15, -0.1) is 0 Å². The van der Waals surface area contributed by atoms with E-state index in [0.29, 0.717) is 34.2 Å². The molecule has 0 unspecified atom stereocenters. The van der Waals surface area contributed by atoms with Crippen molar-refractivity contribution in [2.24, 2.45) is 0 Å². The molecular formula is C59H40N4O2S. The molecule has 0 spiro atoms. The first kappa shape index (κ1) is 39.5. The Labute approximate surface area is 384 Å². The number of rotatable bonds is 4. The van der Waals surface area contributed by atoms with Gasteiger partial charge < -0.3 is 0 Å². The summed E-state index contributed by atoms with van der Waals surface area (Å²) in [5.41, 5.74) is 15.2. The first-order chi connectivity index (χ1) is 32.2. The first-order valence-electron chi connectivity index (χ1n) is 22.0. The van der Waals surface area contributed by atoms with E-state index in [0.717, 1.165) is 77.9 Å². The van der Waals surface area contributed by atoms with E-state index in [9.17, 15) is 0 Å². The molecule has 0 amide bonds. The van der Waals surface area contributed by atoms with E-state index >= 15 is 8.42 Å². The van der Waals surface area contributed by atoms with Crippen LogP contribution in [0.2, 0.25) is 0 Å². The predicted molar refractivity (Wildman–Crippen MR) is 264 cm³/mol. The number of nitrogens with zero attached hydrogens (tertiary/aromatic N) is 4. The topological polar surface area (TPSA) is 85.7 Å². The Morgan fingerprint density at radius 1 is 0.348 bits per heavy atom. The number of hydrogen-bond acceptors (Lipinski definition) is 6. The molecule has 1 aliphatic heterocycles. The molecule has 12 rings (SSSR count). The molecule has 7 heteroatoms. The van der Waals surface area contributed by atoms with E-state index in [2.05, 4.69) is 92.7 Å². The normalized spacial score (nSPS) is 13.7. The van der Waals surface area contributed by atoms with Crippen LogP contribution in [0.1, 0.15) is 25.0 Å². The minimum atomic E-state index is -4.17. The number of hydrogen-bond donors (Lipinski definition) is 0. The Hall–Kier alpha value is -8.13. The average molecular weight is 869 g/mol. The third-order valence-electron chi connectivity index (χ3n) is 13.2. The number of benzene rings is 8. The van der Waals surface area contributed by atoms with E-state index in [1.165, 1.54) is 0 Å². The lowest BCUT2D eigenvalue weighted by Gasteiger charge is -2.24. The monoisotopic (exact) mass is 868 g/mol. The summed E-state index contributed by atoms with van der Waals surface area (Å²) in [7, 11) is -4.17. The Balaban J connectivity index is 1.16. The van der Waals surface area contributed by atoms with Crippen molar-refractivity contribution in [1.82, 2.24) is 19.9 Å². The molecule has 0 radical (unpaired) electrons. The minimum absolute atomic E-state index is 0.258. The van der Waals surface area contributed by atoms with E-state index in [4.69, 9.17) is 19.9 Å². The highest BCUT2D eigenvalue weighted by atomic mass is 32.2. The zero-order valence-corrected chi connectivity index (χ0v) is 37.0. The molecule has 6 nitrogen and oxygen atoms in total. The van der Waals surface area contributed by atoms with Crippen LogP contribution in [0.3, 0.4) is 0 Å². The van der Waals surface area contributed by atoms with Gasteiger partial charge in [0.25, 0.3) is 0 Å². The molecule has 314 valence electrons. The number of sulfone groups is 1. The van der Waals surface area contributed by atoms with Gasteiger partial charge in [-0.25, -0.2) is 28.4 Å². The molecule has 0 atom stereocenters. The molecule has 10 aromatic rings. The van der Waals surface area contributed by atoms with Crippen LogP contribution in [0.4, 0.5) is 0 Å². The lowest BCUT2D eigenvalue weighted by atomic mass is 9.81. The molecule has 0 saturated carbocycles. The molecule has 0 N–H and O–H groups in total. The quantitative estimate of drug-likeness (QED) is 0.175. The average Bonchev–Trinajstić information content (AvgIpc) is 3.60. The van der Waals surface area contributed by atoms with Crippen LogP contribution in [0.5, 0.6) is 0 Å². The SMILES string of the molecule is CC1(C)c2ccccc2-c2cc3c(cc21)S(=O)(=O)c1ccccc1-c1ccccc1-c1ccccc1-c1ccc(-c2cc(-c4cnc(-c5ccccc5)nc4)nc(-c4ccccc4)n2)cc1-3. The molecule has 66 heavy (non-hydrogen) atoms. The summed E-state index contributed by atoms with van der Waals surface area (Å²) in [5, 5.41) is 0. The van der Waals surface area contributed by atoms with Gasteiger partial charge in [0.05, 0.1) is 21.2 Å². The highest BCUT2D eigenvalue weighted by Gasteiger charge is 2.39. The second-order valence-electron chi connectivity index (χ2n) is 17.4. The van der Waals surface area contributed by atoms with Crippen LogP contribution in [0, 0.1) is 0 Å². The molecule has 8 aromatic carbocycles.